The first-order valence-electron chi connectivity index (χ1n) is 11.1. The van der Waals surface area contributed by atoms with E-state index in [1.165, 1.54) is 29.9 Å². The predicted molar refractivity (Wildman–Crippen MR) is 121 cm³/mol. The summed E-state index contributed by atoms with van der Waals surface area (Å²) >= 11 is 0. The van der Waals surface area contributed by atoms with Crippen LogP contribution in [0.15, 0.2) is 35.3 Å². The first-order valence-corrected chi connectivity index (χ1v) is 11.1. The van der Waals surface area contributed by atoms with Crippen LogP contribution in [-0.4, -0.2) is 44.4 Å². The van der Waals surface area contributed by atoms with Gasteiger partial charge in [0.25, 0.3) is 11.5 Å². The number of nitrogens with one attached hydrogen (secondary N) is 2. The Morgan fingerprint density at radius 3 is 2.71 bits per heavy atom. The molecular weight excluding hydrogens is 443 g/mol. The van der Waals surface area contributed by atoms with Crippen molar-refractivity contribution in [1.82, 2.24) is 20.2 Å². The quantitative estimate of drug-likeness (QED) is 0.404. The lowest BCUT2D eigenvalue weighted by molar-refractivity contribution is -0.136. The van der Waals surface area contributed by atoms with E-state index in [1.807, 2.05) is 0 Å². The molecule has 1 amide bonds. The van der Waals surface area contributed by atoms with Gasteiger partial charge in [0.1, 0.15) is 28.6 Å². The number of nitrogens with zero attached hydrogens (tertiary/aromatic N) is 2. The minimum Gasteiger partial charge on any atom is -0.505 e. The molecule has 0 radical (unpaired) electrons. The van der Waals surface area contributed by atoms with Crippen LogP contribution in [0.5, 0.6) is 11.5 Å². The molecule has 0 saturated heterocycles. The van der Waals surface area contributed by atoms with E-state index in [0.29, 0.717) is 12.0 Å². The van der Waals surface area contributed by atoms with Crippen molar-refractivity contribution in [2.24, 2.45) is 0 Å². The molecule has 3 heterocycles. The summed E-state index contributed by atoms with van der Waals surface area (Å²) in [5.41, 5.74) is -0.620. The zero-order valence-electron chi connectivity index (χ0n) is 18.8. The molecule has 2 aromatic heterocycles. The molecule has 34 heavy (non-hydrogen) atoms. The normalized spacial score (nSPS) is 20.1. The number of aromatic hydroxyl groups is 1. The van der Waals surface area contributed by atoms with Crippen molar-refractivity contribution >= 4 is 16.9 Å². The smallest absolute Gasteiger partial charge is 0.265 e. The molecule has 3 aromatic rings. The second kappa shape index (κ2) is 8.07. The number of aliphatic hydroxyl groups excluding tert-OH is 1. The van der Waals surface area contributed by atoms with Crippen molar-refractivity contribution in [3.8, 4) is 11.5 Å². The highest BCUT2D eigenvalue weighted by atomic mass is 19.1. The van der Waals surface area contributed by atoms with Gasteiger partial charge in [0.2, 0.25) is 5.60 Å². The second-order valence-corrected chi connectivity index (χ2v) is 9.02. The Kier molecular flexibility index (Phi) is 5.29. The van der Waals surface area contributed by atoms with Gasteiger partial charge in [-0.3, -0.25) is 24.5 Å². The van der Waals surface area contributed by atoms with Crippen molar-refractivity contribution in [1.29, 1.82) is 0 Å². The van der Waals surface area contributed by atoms with E-state index in [2.05, 4.69) is 15.6 Å². The average Bonchev–Trinajstić information content (AvgIpc) is 3.63. The number of amides is 1. The third-order valence-corrected chi connectivity index (χ3v) is 6.35. The van der Waals surface area contributed by atoms with E-state index in [-0.39, 0.29) is 40.8 Å². The number of aromatic nitrogens is 2. The first-order chi connectivity index (χ1) is 16.2. The number of aliphatic hydroxyl groups is 1. The zero-order valence-corrected chi connectivity index (χ0v) is 18.8. The molecule has 4 N–H and O–H groups in total. The standard InChI is InChI=1S/C24H25FN4O5/c1-24(23(33)26-2)11-29-18-17(19(30)16(22(29)32)21(31)28-15-7-8-15)27-10-13(20(18)34-24)9-12-3-5-14(25)6-4-12/h3-6,10,15,21,28,30-31H,7-9,11H2,1-2H3,(H,26,33). The van der Waals surface area contributed by atoms with Crippen LogP contribution in [0.4, 0.5) is 4.39 Å². The Balaban J connectivity index is 1.72. The fraction of sp³-hybridized carbons (Fsp3) is 0.375. The van der Waals surface area contributed by atoms with Crippen LogP contribution < -0.4 is 20.9 Å². The number of halogens is 1. The Morgan fingerprint density at radius 1 is 1.35 bits per heavy atom. The molecule has 2 aliphatic rings. The summed E-state index contributed by atoms with van der Waals surface area (Å²) in [5.74, 6) is -1.00. The summed E-state index contributed by atoms with van der Waals surface area (Å²) < 4.78 is 20.9. The van der Waals surface area contributed by atoms with E-state index < -0.39 is 29.0 Å². The molecule has 9 nitrogen and oxygen atoms in total. The molecule has 2 atom stereocenters. The number of carbonyl (C=O) groups is 1. The third kappa shape index (κ3) is 3.68. The molecule has 1 aromatic carbocycles. The Morgan fingerprint density at radius 2 is 2.06 bits per heavy atom. The molecule has 1 aliphatic carbocycles. The highest BCUT2D eigenvalue weighted by molar-refractivity contribution is 5.92. The van der Waals surface area contributed by atoms with Crippen molar-refractivity contribution in [2.75, 3.05) is 7.05 Å². The first kappa shape index (κ1) is 22.3. The SMILES string of the molecule is CNC(=O)C1(C)Cn2c(=O)c(C(O)NC3CC3)c(O)c3ncc(Cc4ccc(F)cc4)c(c32)O1. The minimum absolute atomic E-state index is 0.0759. The molecular formula is C24H25FN4O5. The molecule has 0 spiro atoms. The van der Waals surface area contributed by atoms with Crippen molar-refractivity contribution < 1.29 is 24.1 Å². The Bertz CT molecular complexity index is 1350. The summed E-state index contributed by atoms with van der Waals surface area (Å²) in [5, 5.41) is 27.1. The predicted octanol–water partition coefficient (Wildman–Crippen LogP) is 1.47. The van der Waals surface area contributed by atoms with Crippen molar-refractivity contribution in [2.45, 2.75) is 50.6 Å². The summed E-state index contributed by atoms with van der Waals surface area (Å²) in [6.45, 7) is 1.43. The van der Waals surface area contributed by atoms with Gasteiger partial charge in [-0.2, -0.15) is 0 Å². The van der Waals surface area contributed by atoms with Gasteiger partial charge in [-0.15, -0.1) is 0 Å². The van der Waals surface area contributed by atoms with E-state index >= 15 is 0 Å². The molecule has 1 aliphatic heterocycles. The van der Waals surface area contributed by atoms with Crippen molar-refractivity contribution in [3.63, 3.8) is 0 Å². The lowest BCUT2D eigenvalue weighted by atomic mass is 9.98. The molecule has 1 saturated carbocycles. The van der Waals surface area contributed by atoms with E-state index in [1.54, 1.807) is 19.1 Å². The number of likely N-dealkylation sites (N-methyl/N-ethyl adjacent to an activating group) is 1. The van der Waals surface area contributed by atoms with Gasteiger partial charge in [-0.05, 0) is 37.5 Å². The van der Waals surface area contributed by atoms with Crippen LogP contribution in [0.1, 0.15) is 42.7 Å². The van der Waals surface area contributed by atoms with Gasteiger partial charge >= 0.3 is 0 Å². The summed E-state index contributed by atoms with van der Waals surface area (Å²) in [4.78, 5) is 30.7. The summed E-state index contributed by atoms with van der Waals surface area (Å²) in [7, 11) is 1.47. The Labute approximate surface area is 194 Å². The molecule has 2 unspecified atom stereocenters. The monoisotopic (exact) mass is 468 g/mol. The number of carbonyl (C=O) groups excluding carboxylic acids is 1. The Hall–Kier alpha value is -3.50. The van der Waals surface area contributed by atoms with Crippen LogP contribution in [0.2, 0.25) is 0 Å². The topological polar surface area (TPSA) is 126 Å². The van der Waals surface area contributed by atoms with Gasteiger partial charge in [0.05, 0.1) is 6.54 Å². The minimum atomic E-state index is -1.43. The zero-order chi connectivity index (χ0) is 24.2. The summed E-state index contributed by atoms with van der Waals surface area (Å²) in [6, 6.07) is 6.01. The van der Waals surface area contributed by atoms with Crippen molar-refractivity contribution in [3.05, 3.63) is 63.3 Å². The molecule has 0 bridgehead atoms. The van der Waals surface area contributed by atoms with E-state index in [9.17, 15) is 24.2 Å². The fourth-order valence-corrected chi connectivity index (χ4v) is 4.38. The number of pyridine rings is 2. The molecule has 1 fully saturated rings. The van der Waals surface area contributed by atoms with E-state index in [4.69, 9.17) is 4.74 Å². The fourth-order valence-electron chi connectivity index (χ4n) is 4.38. The maximum absolute atomic E-state index is 13.5. The van der Waals surface area contributed by atoms with Crippen LogP contribution >= 0.6 is 0 Å². The lowest BCUT2D eigenvalue weighted by Gasteiger charge is -2.36. The van der Waals surface area contributed by atoms with Gasteiger partial charge < -0.3 is 20.3 Å². The highest BCUT2D eigenvalue weighted by Crippen LogP contribution is 2.41. The summed E-state index contributed by atoms with van der Waals surface area (Å²) in [6.07, 6.45) is 2.15. The lowest BCUT2D eigenvalue weighted by Crippen LogP contribution is -2.54. The van der Waals surface area contributed by atoms with Gasteiger partial charge in [0.15, 0.2) is 11.5 Å². The van der Waals surface area contributed by atoms with Gasteiger partial charge in [-0.25, -0.2) is 4.39 Å². The number of hydrogen-bond acceptors (Lipinski definition) is 7. The van der Waals surface area contributed by atoms with Crippen LogP contribution in [0, 0.1) is 5.82 Å². The third-order valence-electron chi connectivity index (χ3n) is 6.35. The molecule has 10 heteroatoms. The number of rotatable bonds is 6. The highest BCUT2D eigenvalue weighted by Gasteiger charge is 2.43. The largest absolute Gasteiger partial charge is 0.505 e. The maximum atomic E-state index is 13.5. The number of benzene rings is 1. The van der Waals surface area contributed by atoms with Crippen LogP contribution in [0.3, 0.4) is 0 Å². The maximum Gasteiger partial charge on any atom is 0.265 e. The van der Waals surface area contributed by atoms with Gasteiger partial charge in [-0.1, -0.05) is 12.1 Å². The molecule has 178 valence electrons. The average molecular weight is 468 g/mol. The van der Waals surface area contributed by atoms with Gasteiger partial charge in [0, 0.05) is 31.3 Å². The van der Waals surface area contributed by atoms with E-state index in [0.717, 1.165) is 18.4 Å². The van der Waals surface area contributed by atoms with Crippen LogP contribution in [0.25, 0.3) is 11.0 Å². The number of ether oxygens (including phenoxy) is 1. The second-order valence-electron chi connectivity index (χ2n) is 9.02. The molecule has 5 rings (SSSR count). The number of hydrogen-bond donors (Lipinski definition) is 4. The van der Waals surface area contributed by atoms with Crippen LogP contribution in [-0.2, 0) is 17.8 Å².